The molecular weight excluding hydrogens is 200 g/mol. The van der Waals surface area contributed by atoms with Crippen molar-refractivity contribution in [1.82, 2.24) is 10.6 Å². The van der Waals surface area contributed by atoms with Gasteiger partial charge in [0.1, 0.15) is 0 Å². The standard InChI is InChI=1S/C13H22N2O/c1-9(12(16)15-11-4-5-11)14-8-13(6-7-13)10-2-3-10/h9-11,14H,2-8H2,1H3,(H,15,16). The highest BCUT2D eigenvalue weighted by molar-refractivity contribution is 5.81. The van der Waals surface area contributed by atoms with Gasteiger partial charge in [0.2, 0.25) is 5.91 Å². The molecule has 3 heteroatoms. The molecule has 3 aliphatic rings. The van der Waals surface area contributed by atoms with Crippen molar-refractivity contribution in [2.45, 2.75) is 57.5 Å². The van der Waals surface area contributed by atoms with Crippen LogP contribution in [0.3, 0.4) is 0 Å². The molecule has 2 N–H and O–H groups in total. The van der Waals surface area contributed by atoms with Crippen LogP contribution in [0.15, 0.2) is 0 Å². The van der Waals surface area contributed by atoms with Gasteiger partial charge in [-0.3, -0.25) is 4.79 Å². The van der Waals surface area contributed by atoms with Gasteiger partial charge in [0.05, 0.1) is 6.04 Å². The predicted octanol–water partition coefficient (Wildman–Crippen LogP) is 1.43. The second kappa shape index (κ2) is 3.73. The fourth-order valence-corrected chi connectivity index (χ4v) is 2.59. The van der Waals surface area contributed by atoms with Crippen LogP contribution in [0.4, 0.5) is 0 Å². The summed E-state index contributed by atoms with van der Waals surface area (Å²) < 4.78 is 0. The molecule has 0 radical (unpaired) electrons. The van der Waals surface area contributed by atoms with Crippen molar-refractivity contribution >= 4 is 5.91 Å². The van der Waals surface area contributed by atoms with Crippen LogP contribution >= 0.6 is 0 Å². The summed E-state index contributed by atoms with van der Waals surface area (Å²) in [7, 11) is 0. The van der Waals surface area contributed by atoms with Crippen LogP contribution in [0, 0.1) is 11.3 Å². The highest BCUT2D eigenvalue weighted by Crippen LogP contribution is 2.60. The van der Waals surface area contributed by atoms with Crippen LogP contribution in [-0.4, -0.2) is 24.5 Å². The molecule has 0 spiro atoms. The van der Waals surface area contributed by atoms with E-state index in [0.29, 0.717) is 11.5 Å². The molecule has 3 fully saturated rings. The topological polar surface area (TPSA) is 41.1 Å². The van der Waals surface area contributed by atoms with Crippen LogP contribution in [-0.2, 0) is 4.79 Å². The Labute approximate surface area is 97.4 Å². The molecular formula is C13H22N2O. The minimum absolute atomic E-state index is 0.0168. The van der Waals surface area contributed by atoms with Crippen molar-refractivity contribution in [3.63, 3.8) is 0 Å². The third kappa shape index (κ3) is 2.24. The van der Waals surface area contributed by atoms with Crippen LogP contribution in [0.5, 0.6) is 0 Å². The van der Waals surface area contributed by atoms with Gasteiger partial charge in [-0.05, 0) is 56.8 Å². The largest absolute Gasteiger partial charge is 0.352 e. The Hall–Kier alpha value is -0.570. The number of rotatable bonds is 6. The summed E-state index contributed by atoms with van der Waals surface area (Å²) in [5, 5.41) is 6.48. The molecule has 3 rings (SSSR count). The molecule has 1 atom stereocenters. The van der Waals surface area contributed by atoms with E-state index in [1.165, 1.54) is 38.5 Å². The molecule has 3 saturated carbocycles. The monoisotopic (exact) mass is 222 g/mol. The van der Waals surface area contributed by atoms with Crippen molar-refractivity contribution in [1.29, 1.82) is 0 Å². The Bertz CT molecular complexity index is 290. The smallest absolute Gasteiger partial charge is 0.237 e. The SMILES string of the molecule is CC(NCC1(C2CC2)CC1)C(=O)NC1CC1. The van der Waals surface area contributed by atoms with Gasteiger partial charge in [-0.15, -0.1) is 0 Å². The van der Waals surface area contributed by atoms with Gasteiger partial charge in [0.15, 0.2) is 0 Å². The summed E-state index contributed by atoms with van der Waals surface area (Å²) in [6.45, 7) is 3.04. The summed E-state index contributed by atoms with van der Waals surface area (Å²) in [5.74, 6) is 1.16. The van der Waals surface area contributed by atoms with Gasteiger partial charge in [0, 0.05) is 12.6 Å². The Morgan fingerprint density at radius 1 is 1.31 bits per heavy atom. The van der Waals surface area contributed by atoms with Crippen molar-refractivity contribution < 1.29 is 4.79 Å². The number of hydrogen-bond acceptors (Lipinski definition) is 2. The second-order valence-electron chi connectivity index (χ2n) is 6.02. The van der Waals surface area contributed by atoms with Gasteiger partial charge < -0.3 is 10.6 Å². The fraction of sp³-hybridized carbons (Fsp3) is 0.923. The average Bonchev–Trinajstić information content (AvgIpc) is 3.13. The van der Waals surface area contributed by atoms with E-state index in [2.05, 4.69) is 10.6 Å². The molecule has 90 valence electrons. The zero-order valence-corrected chi connectivity index (χ0v) is 10.1. The predicted molar refractivity (Wildman–Crippen MR) is 63.0 cm³/mol. The maximum Gasteiger partial charge on any atom is 0.237 e. The minimum Gasteiger partial charge on any atom is -0.352 e. The molecule has 0 saturated heterocycles. The first-order chi connectivity index (χ1) is 7.70. The quantitative estimate of drug-likeness (QED) is 0.714. The molecule has 0 aromatic heterocycles. The summed E-state index contributed by atoms with van der Waals surface area (Å²) in [6, 6.07) is 0.465. The first-order valence-corrected chi connectivity index (χ1v) is 6.73. The van der Waals surface area contributed by atoms with Crippen LogP contribution in [0.25, 0.3) is 0 Å². The molecule has 0 bridgehead atoms. The van der Waals surface area contributed by atoms with E-state index in [0.717, 1.165) is 12.5 Å². The Morgan fingerprint density at radius 2 is 2.00 bits per heavy atom. The number of hydrogen-bond donors (Lipinski definition) is 2. The molecule has 0 aliphatic heterocycles. The first-order valence-electron chi connectivity index (χ1n) is 6.73. The van der Waals surface area contributed by atoms with Crippen LogP contribution in [0.2, 0.25) is 0 Å². The Kier molecular flexibility index (Phi) is 2.46. The molecule has 1 amide bonds. The molecule has 0 heterocycles. The van der Waals surface area contributed by atoms with Crippen molar-refractivity contribution in [2.24, 2.45) is 11.3 Å². The van der Waals surface area contributed by atoms with E-state index in [-0.39, 0.29) is 11.9 Å². The lowest BCUT2D eigenvalue weighted by molar-refractivity contribution is -0.122. The van der Waals surface area contributed by atoms with E-state index >= 15 is 0 Å². The lowest BCUT2D eigenvalue weighted by Crippen LogP contribution is -2.45. The van der Waals surface area contributed by atoms with Gasteiger partial charge in [-0.1, -0.05) is 0 Å². The van der Waals surface area contributed by atoms with Gasteiger partial charge in [-0.25, -0.2) is 0 Å². The summed E-state index contributed by atoms with van der Waals surface area (Å²) in [4.78, 5) is 11.7. The lowest BCUT2D eigenvalue weighted by atomic mass is 10.0. The number of carbonyl (C=O) groups is 1. The maximum absolute atomic E-state index is 11.7. The molecule has 1 unspecified atom stereocenters. The zero-order valence-electron chi connectivity index (χ0n) is 10.1. The van der Waals surface area contributed by atoms with E-state index in [1.54, 1.807) is 0 Å². The Morgan fingerprint density at radius 3 is 2.50 bits per heavy atom. The lowest BCUT2D eigenvalue weighted by Gasteiger charge is -2.19. The molecule has 3 nitrogen and oxygen atoms in total. The summed E-state index contributed by atoms with van der Waals surface area (Å²) in [6.07, 6.45) is 7.94. The van der Waals surface area contributed by atoms with Gasteiger partial charge in [-0.2, -0.15) is 0 Å². The van der Waals surface area contributed by atoms with Crippen LogP contribution in [0.1, 0.15) is 45.4 Å². The molecule has 0 aromatic carbocycles. The average molecular weight is 222 g/mol. The number of nitrogens with one attached hydrogen (secondary N) is 2. The van der Waals surface area contributed by atoms with E-state index in [9.17, 15) is 4.79 Å². The molecule has 16 heavy (non-hydrogen) atoms. The first kappa shape index (κ1) is 10.6. The van der Waals surface area contributed by atoms with E-state index in [1.807, 2.05) is 6.92 Å². The molecule has 3 aliphatic carbocycles. The highest BCUT2D eigenvalue weighted by Gasteiger charge is 2.53. The Balaban J connectivity index is 1.41. The second-order valence-corrected chi connectivity index (χ2v) is 6.02. The van der Waals surface area contributed by atoms with E-state index in [4.69, 9.17) is 0 Å². The maximum atomic E-state index is 11.7. The zero-order chi connectivity index (χ0) is 11.2. The summed E-state index contributed by atoms with van der Waals surface area (Å²) in [5.41, 5.74) is 0.591. The third-order valence-electron chi connectivity index (χ3n) is 4.41. The van der Waals surface area contributed by atoms with Gasteiger partial charge >= 0.3 is 0 Å². The van der Waals surface area contributed by atoms with Crippen LogP contribution < -0.4 is 10.6 Å². The van der Waals surface area contributed by atoms with Crippen molar-refractivity contribution in [3.05, 3.63) is 0 Å². The van der Waals surface area contributed by atoms with E-state index < -0.39 is 0 Å². The normalized spacial score (nSPS) is 28.6. The fourth-order valence-electron chi connectivity index (χ4n) is 2.59. The van der Waals surface area contributed by atoms with Crippen molar-refractivity contribution in [3.8, 4) is 0 Å². The van der Waals surface area contributed by atoms with Crippen molar-refractivity contribution in [2.75, 3.05) is 6.54 Å². The third-order valence-corrected chi connectivity index (χ3v) is 4.41. The number of carbonyl (C=O) groups excluding carboxylic acids is 1. The molecule has 0 aromatic rings. The minimum atomic E-state index is -0.0168. The number of amides is 1. The highest BCUT2D eigenvalue weighted by atomic mass is 16.2. The van der Waals surface area contributed by atoms with Gasteiger partial charge in [0.25, 0.3) is 0 Å². The summed E-state index contributed by atoms with van der Waals surface area (Å²) >= 11 is 0.